The van der Waals surface area contributed by atoms with Gasteiger partial charge in [0.2, 0.25) is 5.91 Å². The predicted octanol–water partition coefficient (Wildman–Crippen LogP) is 6.58. The lowest BCUT2D eigenvalue weighted by Crippen LogP contribution is -2.13. The van der Waals surface area contributed by atoms with Crippen molar-refractivity contribution in [3.8, 4) is 33.1 Å². The highest BCUT2D eigenvalue weighted by Crippen LogP contribution is 2.36. The summed E-state index contributed by atoms with van der Waals surface area (Å²) in [7, 11) is 0. The molecule has 0 aromatic carbocycles. The molecule has 0 unspecified atom stereocenters. The highest BCUT2D eigenvalue weighted by atomic mass is 32.1. The maximum Gasteiger partial charge on any atom is 0.224 e. The van der Waals surface area contributed by atoms with E-state index in [0.717, 1.165) is 50.1 Å². The lowest BCUT2D eigenvalue weighted by molar-refractivity contribution is -0.116. The van der Waals surface area contributed by atoms with Gasteiger partial charge in [0.05, 0.1) is 40.5 Å². The second kappa shape index (κ2) is 9.25. The van der Waals surface area contributed by atoms with E-state index < -0.39 is 0 Å². The molecule has 3 N–H and O–H groups in total. The summed E-state index contributed by atoms with van der Waals surface area (Å²) < 4.78 is 0. The number of H-pyrrole nitrogens is 2. The number of hydrogen-bond acceptors (Lipinski definition) is 6. The molecular weight excluding hydrogens is 482 g/mol. The van der Waals surface area contributed by atoms with Crippen LogP contribution in [-0.4, -0.2) is 36.0 Å². The monoisotopic (exact) mass is 507 g/mol. The number of carbonyl (C=O) groups excluding carboxylic acids is 1. The number of fused-ring (bicyclic) bond motifs is 2. The van der Waals surface area contributed by atoms with Crippen LogP contribution in [0.25, 0.3) is 55.0 Å². The molecule has 0 radical (unpaired) electrons. The number of aromatic amines is 2. The van der Waals surface area contributed by atoms with E-state index in [-0.39, 0.29) is 11.8 Å². The second-order valence-corrected chi connectivity index (χ2v) is 10.8. The fourth-order valence-electron chi connectivity index (χ4n) is 4.43. The van der Waals surface area contributed by atoms with Crippen molar-refractivity contribution in [3.05, 3.63) is 66.1 Å². The SMILES string of the molecule is Cc1ccc(-c2cncc3[nH]c(-c4n[nH]c5ccc(-c6cncc(NC(=O)CC(C)C)c6)nc45)cc23)s1. The number of aromatic nitrogens is 6. The summed E-state index contributed by atoms with van der Waals surface area (Å²) in [4.78, 5) is 31.8. The van der Waals surface area contributed by atoms with Crippen molar-refractivity contribution in [1.29, 1.82) is 0 Å². The minimum absolute atomic E-state index is 0.0279. The molecule has 6 aromatic rings. The molecule has 0 saturated carbocycles. The summed E-state index contributed by atoms with van der Waals surface area (Å²) in [6.07, 6.45) is 7.59. The van der Waals surface area contributed by atoms with Crippen molar-refractivity contribution >= 4 is 44.9 Å². The molecule has 0 aliphatic carbocycles. The number of nitrogens with zero attached hydrogens (tertiary/aromatic N) is 4. The predicted molar refractivity (Wildman–Crippen MR) is 148 cm³/mol. The molecule has 0 bridgehead atoms. The minimum atomic E-state index is -0.0279. The van der Waals surface area contributed by atoms with Crippen molar-refractivity contribution in [1.82, 2.24) is 30.1 Å². The Labute approximate surface area is 217 Å². The normalized spacial score (nSPS) is 11.6. The number of nitrogens with one attached hydrogen (secondary N) is 3. The van der Waals surface area contributed by atoms with Gasteiger partial charge in [-0.2, -0.15) is 5.10 Å². The first-order valence-electron chi connectivity index (χ1n) is 12.1. The van der Waals surface area contributed by atoms with Crippen LogP contribution in [0.1, 0.15) is 25.1 Å². The van der Waals surface area contributed by atoms with E-state index in [2.05, 4.69) is 55.6 Å². The Bertz CT molecular complexity index is 1760. The van der Waals surface area contributed by atoms with Gasteiger partial charge in [0.1, 0.15) is 11.2 Å². The van der Waals surface area contributed by atoms with Crippen molar-refractivity contribution in [2.45, 2.75) is 27.2 Å². The molecule has 0 aliphatic heterocycles. The number of amides is 1. The lowest BCUT2D eigenvalue weighted by atomic mass is 10.1. The quantitative estimate of drug-likeness (QED) is 0.236. The lowest BCUT2D eigenvalue weighted by Gasteiger charge is -2.08. The van der Waals surface area contributed by atoms with E-state index >= 15 is 0 Å². The molecule has 0 atom stereocenters. The van der Waals surface area contributed by atoms with Crippen LogP contribution in [0, 0.1) is 12.8 Å². The topological polar surface area (TPSA) is 112 Å². The van der Waals surface area contributed by atoms with Crippen LogP contribution in [0.3, 0.4) is 0 Å². The van der Waals surface area contributed by atoms with E-state index in [1.54, 1.807) is 23.7 Å². The van der Waals surface area contributed by atoms with Crippen molar-refractivity contribution in [3.63, 3.8) is 0 Å². The van der Waals surface area contributed by atoms with E-state index in [0.29, 0.717) is 12.1 Å². The molecule has 0 fully saturated rings. The number of hydrogen-bond donors (Lipinski definition) is 3. The van der Waals surface area contributed by atoms with E-state index in [4.69, 9.17) is 4.98 Å². The van der Waals surface area contributed by atoms with Crippen LogP contribution >= 0.6 is 11.3 Å². The minimum Gasteiger partial charge on any atom is -0.352 e. The Hall–Kier alpha value is -4.37. The Balaban J connectivity index is 1.38. The zero-order valence-corrected chi connectivity index (χ0v) is 21.5. The number of pyridine rings is 3. The molecule has 37 heavy (non-hydrogen) atoms. The van der Waals surface area contributed by atoms with Gasteiger partial charge in [-0.05, 0) is 49.2 Å². The molecule has 0 saturated heterocycles. The zero-order valence-electron chi connectivity index (χ0n) is 20.7. The summed E-state index contributed by atoms with van der Waals surface area (Å²) in [6, 6.07) is 12.1. The van der Waals surface area contributed by atoms with E-state index in [1.807, 2.05) is 44.4 Å². The second-order valence-electron chi connectivity index (χ2n) is 9.51. The van der Waals surface area contributed by atoms with Gasteiger partial charge in [0.15, 0.2) is 0 Å². The van der Waals surface area contributed by atoms with E-state index in [9.17, 15) is 4.79 Å². The fourth-order valence-corrected chi connectivity index (χ4v) is 5.32. The van der Waals surface area contributed by atoms with Gasteiger partial charge in [-0.15, -0.1) is 11.3 Å². The zero-order chi connectivity index (χ0) is 25.5. The van der Waals surface area contributed by atoms with Gasteiger partial charge in [0, 0.05) is 45.1 Å². The third-order valence-electron chi connectivity index (χ3n) is 6.13. The van der Waals surface area contributed by atoms with Crippen molar-refractivity contribution < 1.29 is 4.79 Å². The summed E-state index contributed by atoms with van der Waals surface area (Å²) in [5.74, 6) is 0.255. The Morgan fingerprint density at radius 3 is 2.70 bits per heavy atom. The number of thiophene rings is 1. The smallest absolute Gasteiger partial charge is 0.224 e. The summed E-state index contributed by atoms with van der Waals surface area (Å²) in [5, 5.41) is 11.7. The molecule has 6 aromatic heterocycles. The Kier molecular flexibility index (Phi) is 5.77. The van der Waals surface area contributed by atoms with Crippen LogP contribution < -0.4 is 5.32 Å². The maximum atomic E-state index is 12.2. The van der Waals surface area contributed by atoms with Crippen LogP contribution in [0.2, 0.25) is 0 Å². The fraction of sp³-hybridized carbons (Fsp3) is 0.179. The highest BCUT2D eigenvalue weighted by molar-refractivity contribution is 7.15. The average molecular weight is 508 g/mol. The summed E-state index contributed by atoms with van der Waals surface area (Å²) in [5.41, 5.74) is 7.42. The molecule has 0 aliphatic rings. The number of anilines is 1. The van der Waals surface area contributed by atoms with Gasteiger partial charge in [0.25, 0.3) is 0 Å². The Morgan fingerprint density at radius 1 is 1.03 bits per heavy atom. The molecule has 9 heteroatoms. The molecule has 0 spiro atoms. The van der Waals surface area contributed by atoms with Gasteiger partial charge < -0.3 is 10.3 Å². The van der Waals surface area contributed by atoms with Gasteiger partial charge in [-0.3, -0.25) is 19.9 Å². The molecule has 1 amide bonds. The van der Waals surface area contributed by atoms with Crippen molar-refractivity contribution in [2.24, 2.45) is 5.92 Å². The van der Waals surface area contributed by atoms with Crippen LogP contribution in [0.4, 0.5) is 5.69 Å². The molecular formula is C28H25N7OS. The van der Waals surface area contributed by atoms with E-state index in [1.165, 1.54) is 9.75 Å². The average Bonchev–Trinajstić information content (AvgIpc) is 3.60. The maximum absolute atomic E-state index is 12.2. The van der Waals surface area contributed by atoms with Crippen LogP contribution in [0.15, 0.2) is 61.2 Å². The largest absolute Gasteiger partial charge is 0.352 e. The standard InChI is InChI=1S/C28H25N7OS/c1-15(2)8-26(36)31-18-9-17(11-29-12-18)21-5-6-22-27(33-21)28(35-34-22)23-10-19-20(13-30-14-24(19)32-23)25-7-4-16(3)37-25/h4-7,9-15,32H,8H2,1-3H3,(H,31,36)(H,34,35). The third-order valence-corrected chi connectivity index (χ3v) is 7.16. The first-order chi connectivity index (χ1) is 17.9. The van der Waals surface area contributed by atoms with Crippen molar-refractivity contribution in [2.75, 3.05) is 5.32 Å². The first kappa shape index (κ1) is 23.1. The van der Waals surface area contributed by atoms with Crippen LogP contribution in [-0.2, 0) is 4.79 Å². The number of aryl methyl sites for hydroxylation is 1. The van der Waals surface area contributed by atoms with Gasteiger partial charge in [-0.1, -0.05) is 13.8 Å². The number of carbonyl (C=O) groups is 1. The Morgan fingerprint density at radius 2 is 1.89 bits per heavy atom. The molecule has 6 heterocycles. The number of rotatable bonds is 6. The van der Waals surface area contributed by atoms with Gasteiger partial charge in [-0.25, -0.2) is 4.98 Å². The van der Waals surface area contributed by atoms with Gasteiger partial charge >= 0.3 is 0 Å². The molecule has 8 nitrogen and oxygen atoms in total. The molecule has 6 rings (SSSR count). The first-order valence-corrected chi connectivity index (χ1v) is 12.9. The molecule has 184 valence electrons. The third kappa shape index (κ3) is 4.49. The van der Waals surface area contributed by atoms with Crippen LogP contribution in [0.5, 0.6) is 0 Å². The highest BCUT2D eigenvalue weighted by Gasteiger charge is 2.16. The summed E-state index contributed by atoms with van der Waals surface area (Å²) in [6.45, 7) is 6.14. The summed E-state index contributed by atoms with van der Waals surface area (Å²) >= 11 is 1.75.